The largest absolute Gasteiger partial charge is 0.300 e. The minimum atomic E-state index is -0.329. The van der Waals surface area contributed by atoms with Gasteiger partial charge in [-0.2, -0.15) is 0 Å². The van der Waals surface area contributed by atoms with Crippen LogP contribution in [0.3, 0.4) is 0 Å². The van der Waals surface area contributed by atoms with Gasteiger partial charge in [0.1, 0.15) is 0 Å². The van der Waals surface area contributed by atoms with E-state index in [0.717, 1.165) is 6.54 Å². The molecule has 0 spiro atoms. The normalized spacial score (nSPS) is 16.9. The summed E-state index contributed by atoms with van der Waals surface area (Å²) < 4.78 is 0. The molecule has 4 nitrogen and oxygen atoms in total. The molecule has 108 valence electrons. The van der Waals surface area contributed by atoms with Crippen molar-refractivity contribution in [2.24, 2.45) is 0 Å². The highest BCUT2D eigenvalue weighted by Gasteiger charge is 2.16. The number of benzene rings is 1. The van der Waals surface area contributed by atoms with Crippen molar-refractivity contribution in [2.45, 2.75) is 38.1 Å². The van der Waals surface area contributed by atoms with Crippen molar-refractivity contribution in [3.63, 3.8) is 0 Å². The van der Waals surface area contributed by atoms with E-state index in [1.54, 1.807) is 18.2 Å². The first-order valence-electron chi connectivity index (χ1n) is 7.28. The van der Waals surface area contributed by atoms with E-state index in [0.29, 0.717) is 11.6 Å². The summed E-state index contributed by atoms with van der Waals surface area (Å²) in [5.74, 6) is 0. The number of hydrogen-bond donors (Lipinski definition) is 0. The number of rotatable bonds is 5. The maximum absolute atomic E-state index is 10.9. The van der Waals surface area contributed by atoms with Gasteiger partial charge >= 0.3 is 0 Å². The second-order valence-electron chi connectivity index (χ2n) is 5.45. The van der Waals surface area contributed by atoms with Gasteiger partial charge in [-0.25, -0.2) is 0 Å². The van der Waals surface area contributed by atoms with Crippen molar-refractivity contribution in [1.29, 1.82) is 0 Å². The highest BCUT2D eigenvalue weighted by Crippen LogP contribution is 2.22. The number of nitro groups is 1. The summed E-state index contributed by atoms with van der Waals surface area (Å²) in [6.45, 7) is 0.844. The van der Waals surface area contributed by atoms with Crippen LogP contribution in [0.25, 0.3) is 6.08 Å². The number of nitrogens with zero attached hydrogens (tertiary/aromatic N) is 2. The molecule has 0 N–H and O–H groups in total. The van der Waals surface area contributed by atoms with Gasteiger partial charge in [0.05, 0.1) is 10.5 Å². The van der Waals surface area contributed by atoms with Crippen LogP contribution in [0.4, 0.5) is 5.69 Å². The van der Waals surface area contributed by atoms with Crippen LogP contribution < -0.4 is 0 Å². The van der Waals surface area contributed by atoms with Crippen molar-refractivity contribution in [3.05, 3.63) is 46.0 Å². The van der Waals surface area contributed by atoms with Crippen molar-refractivity contribution >= 4 is 11.8 Å². The lowest BCUT2D eigenvalue weighted by atomic mass is 9.94. The molecule has 0 bridgehead atoms. The summed E-state index contributed by atoms with van der Waals surface area (Å²) in [5.41, 5.74) is 0.846. The number of hydrogen-bond acceptors (Lipinski definition) is 3. The first-order chi connectivity index (χ1) is 9.68. The third-order valence-corrected chi connectivity index (χ3v) is 4.02. The molecular weight excluding hydrogens is 252 g/mol. The maximum atomic E-state index is 10.9. The molecule has 1 aromatic rings. The Morgan fingerprint density at radius 1 is 1.30 bits per heavy atom. The molecule has 1 aliphatic rings. The standard InChI is InChI=1S/C16H22N2O2/c1-17(15-10-3-2-4-11-15)13-7-9-14-8-5-6-12-16(14)18(19)20/h5-9,12,15H,2-4,10-11,13H2,1H3. The first-order valence-corrected chi connectivity index (χ1v) is 7.28. The van der Waals surface area contributed by atoms with Crippen LogP contribution in [-0.4, -0.2) is 29.5 Å². The zero-order valence-electron chi connectivity index (χ0n) is 12.0. The van der Waals surface area contributed by atoms with Crippen LogP contribution >= 0.6 is 0 Å². The monoisotopic (exact) mass is 274 g/mol. The molecule has 1 saturated carbocycles. The molecule has 0 atom stereocenters. The van der Waals surface area contributed by atoms with Crippen LogP contribution in [0.15, 0.2) is 30.3 Å². The van der Waals surface area contributed by atoms with Crippen molar-refractivity contribution in [2.75, 3.05) is 13.6 Å². The number of nitro benzene ring substituents is 1. The number of para-hydroxylation sites is 1. The maximum Gasteiger partial charge on any atom is 0.276 e. The predicted octanol–water partition coefficient (Wildman–Crippen LogP) is 3.87. The molecule has 0 unspecified atom stereocenters. The minimum absolute atomic E-state index is 0.170. The van der Waals surface area contributed by atoms with Crippen molar-refractivity contribution in [3.8, 4) is 0 Å². The molecule has 4 heteroatoms. The van der Waals surface area contributed by atoms with E-state index in [2.05, 4.69) is 11.9 Å². The molecule has 20 heavy (non-hydrogen) atoms. The van der Waals surface area contributed by atoms with E-state index >= 15 is 0 Å². The van der Waals surface area contributed by atoms with Gasteiger partial charge < -0.3 is 0 Å². The quantitative estimate of drug-likeness (QED) is 0.605. The zero-order valence-corrected chi connectivity index (χ0v) is 12.0. The summed E-state index contributed by atoms with van der Waals surface area (Å²) in [5, 5.41) is 10.9. The Balaban J connectivity index is 1.94. The molecule has 2 rings (SSSR count). The summed E-state index contributed by atoms with van der Waals surface area (Å²) >= 11 is 0. The molecule has 0 saturated heterocycles. The van der Waals surface area contributed by atoms with Gasteiger partial charge in [-0.3, -0.25) is 15.0 Å². The van der Waals surface area contributed by atoms with Gasteiger partial charge in [0.15, 0.2) is 0 Å². The van der Waals surface area contributed by atoms with Gasteiger partial charge in [-0.15, -0.1) is 0 Å². The van der Waals surface area contributed by atoms with Crippen LogP contribution in [0.5, 0.6) is 0 Å². The fraction of sp³-hybridized carbons (Fsp3) is 0.500. The summed E-state index contributed by atoms with van der Waals surface area (Å²) in [7, 11) is 2.14. The lowest BCUT2D eigenvalue weighted by Gasteiger charge is -2.30. The van der Waals surface area contributed by atoms with E-state index in [1.807, 2.05) is 18.2 Å². The SMILES string of the molecule is CN(CC=Cc1ccccc1[N+](=O)[O-])C1CCCCC1. The molecule has 0 aliphatic heterocycles. The second kappa shape index (κ2) is 7.20. The molecule has 0 aromatic heterocycles. The van der Waals surface area contributed by atoms with E-state index < -0.39 is 0 Å². The van der Waals surface area contributed by atoms with E-state index in [1.165, 1.54) is 32.1 Å². The topological polar surface area (TPSA) is 46.4 Å². The minimum Gasteiger partial charge on any atom is -0.300 e. The highest BCUT2D eigenvalue weighted by molar-refractivity contribution is 5.60. The Bertz CT molecular complexity index is 479. The third kappa shape index (κ3) is 3.90. The van der Waals surface area contributed by atoms with E-state index in [-0.39, 0.29) is 10.6 Å². The predicted molar refractivity (Wildman–Crippen MR) is 81.6 cm³/mol. The lowest BCUT2D eigenvalue weighted by molar-refractivity contribution is -0.385. The molecule has 0 heterocycles. The zero-order chi connectivity index (χ0) is 14.4. The van der Waals surface area contributed by atoms with Crippen molar-refractivity contribution < 1.29 is 4.92 Å². The van der Waals surface area contributed by atoms with Gasteiger partial charge in [0, 0.05) is 18.7 Å². The lowest BCUT2D eigenvalue weighted by Crippen LogP contribution is -2.33. The molecular formula is C16H22N2O2. The second-order valence-corrected chi connectivity index (χ2v) is 5.45. The summed E-state index contributed by atoms with van der Waals surface area (Å²) in [6, 6.07) is 7.53. The van der Waals surface area contributed by atoms with E-state index in [4.69, 9.17) is 0 Å². The fourth-order valence-corrected chi connectivity index (χ4v) is 2.81. The third-order valence-electron chi connectivity index (χ3n) is 4.02. The van der Waals surface area contributed by atoms with Gasteiger partial charge in [-0.05, 0) is 26.0 Å². The first kappa shape index (κ1) is 14.7. The van der Waals surface area contributed by atoms with Crippen LogP contribution in [0, 0.1) is 10.1 Å². The highest BCUT2D eigenvalue weighted by atomic mass is 16.6. The van der Waals surface area contributed by atoms with E-state index in [9.17, 15) is 10.1 Å². The Labute approximate surface area is 120 Å². The number of likely N-dealkylation sites (N-methyl/N-ethyl adjacent to an activating group) is 1. The van der Waals surface area contributed by atoms with Gasteiger partial charge in [-0.1, -0.05) is 43.5 Å². The van der Waals surface area contributed by atoms with Crippen LogP contribution in [-0.2, 0) is 0 Å². The smallest absolute Gasteiger partial charge is 0.276 e. The Morgan fingerprint density at radius 3 is 2.70 bits per heavy atom. The van der Waals surface area contributed by atoms with Gasteiger partial charge in [0.2, 0.25) is 0 Å². The molecule has 1 aromatic carbocycles. The molecule has 1 aliphatic carbocycles. The Kier molecular flexibility index (Phi) is 5.30. The Morgan fingerprint density at radius 2 is 2.00 bits per heavy atom. The Hall–Kier alpha value is -1.68. The molecule has 0 amide bonds. The molecule has 0 radical (unpaired) electrons. The van der Waals surface area contributed by atoms with Crippen LogP contribution in [0.1, 0.15) is 37.7 Å². The summed E-state index contributed by atoms with van der Waals surface area (Å²) in [4.78, 5) is 13.0. The van der Waals surface area contributed by atoms with Gasteiger partial charge in [0.25, 0.3) is 5.69 Å². The average molecular weight is 274 g/mol. The molecule has 1 fully saturated rings. The average Bonchev–Trinajstić information content (AvgIpc) is 2.48. The summed E-state index contributed by atoms with van der Waals surface area (Å²) in [6.07, 6.45) is 10.4. The fourth-order valence-electron chi connectivity index (χ4n) is 2.81. The van der Waals surface area contributed by atoms with Crippen molar-refractivity contribution in [1.82, 2.24) is 4.90 Å². The van der Waals surface area contributed by atoms with Crippen LogP contribution in [0.2, 0.25) is 0 Å².